The Labute approximate surface area is 118 Å². The molecule has 0 amide bonds. The van der Waals surface area contributed by atoms with Gasteiger partial charge < -0.3 is 4.74 Å². The molecular weight excluding hydrogens is 240 g/mol. The maximum Gasteiger partial charge on any atom is 0.164 e. The van der Waals surface area contributed by atoms with Crippen LogP contribution in [0.25, 0.3) is 0 Å². The summed E-state index contributed by atoms with van der Waals surface area (Å²) in [5.41, 5.74) is -1.16. The van der Waals surface area contributed by atoms with Gasteiger partial charge in [0.25, 0.3) is 0 Å². The summed E-state index contributed by atoms with van der Waals surface area (Å²) in [6.45, 7) is 14.1. The molecule has 0 aromatic rings. The van der Waals surface area contributed by atoms with Crippen molar-refractivity contribution in [3.8, 4) is 0 Å². The predicted octanol–water partition coefficient (Wildman–Crippen LogP) is 3.79. The lowest BCUT2D eigenvalue weighted by molar-refractivity contribution is -0.142. The molecule has 0 heterocycles. The summed E-state index contributed by atoms with van der Waals surface area (Å²) >= 11 is 0. The molecule has 0 bridgehead atoms. The number of Topliss-reactive ketones (excluding diaryl/α,β-unsaturated/α-hetero) is 2. The van der Waals surface area contributed by atoms with Gasteiger partial charge in [0.2, 0.25) is 0 Å². The highest BCUT2D eigenvalue weighted by Crippen LogP contribution is 2.21. The zero-order valence-electron chi connectivity index (χ0n) is 13.6. The minimum absolute atomic E-state index is 0.00820. The molecule has 0 saturated carbocycles. The van der Waals surface area contributed by atoms with E-state index in [2.05, 4.69) is 13.8 Å². The summed E-state index contributed by atoms with van der Waals surface area (Å²) < 4.78 is 5.66. The Bertz CT molecular complexity index is 308. The van der Waals surface area contributed by atoms with Crippen molar-refractivity contribution in [2.45, 2.75) is 73.3 Å². The van der Waals surface area contributed by atoms with Crippen molar-refractivity contribution >= 4 is 11.6 Å². The van der Waals surface area contributed by atoms with Crippen molar-refractivity contribution < 1.29 is 14.3 Å². The standard InChI is InChI=1S/C16H30O3/c1-12(2)10-11-19-16(6,7)14(18)9-8-13(17)15(3,4)5/h12H,8-11H2,1-7H3. The van der Waals surface area contributed by atoms with Gasteiger partial charge in [-0.1, -0.05) is 34.6 Å². The SMILES string of the molecule is CC(C)CCOC(C)(C)C(=O)CCC(=O)C(C)(C)C. The number of carbonyl (C=O) groups is 2. The summed E-state index contributed by atoms with van der Waals surface area (Å²) in [5.74, 6) is 0.695. The quantitative estimate of drug-likeness (QED) is 0.674. The number of ketones is 2. The van der Waals surface area contributed by atoms with Crippen LogP contribution in [0.1, 0.15) is 67.7 Å². The van der Waals surface area contributed by atoms with Gasteiger partial charge in [-0.05, 0) is 26.2 Å². The Balaban J connectivity index is 4.21. The highest BCUT2D eigenvalue weighted by Gasteiger charge is 2.30. The van der Waals surface area contributed by atoms with Crippen LogP contribution in [0.4, 0.5) is 0 Å². The van der Waals surface area contributed by atoms with Crippen molar-refractivity contribution in [1.29, 1.82) is 0 Å². The Morgan fingerprint density at radius 3 is 1.84 bits per heavy atom. The lowest BCUT2D eigenvalue weighted by Crippen LogP contribution is -2.36. The molecule has 0 saturated heterocycles. The number of rotatable bonds is 8. The normalized spacial score (nSPS) is 12.8. The van der Waals surface area contributed by atoms with Gasteiger partial charge in [-0.25, -0.2) is 0 Å². The second kappa shape index (κ2) is 7.18. The second-order valence-corrected chi connectivity index (χ2v) is 7.14. The molecule has 19 heavy (non-hydrogen) atoms. The molecule has 0 aromatic heterocycles. The third-order valence-electron chi connectivity index (χ3n) is 3.25. The largest absolute Gasteiger partial charge is 0.368 e. The van der Waals surface area contributed by atoms with Crippen LogP contribution in [0.5, 0.6) is 0 Å². The molecule has 0 radical (unpaired) electrons. The average molecular weight is 270 g/mol. The lowest BCUT2D eigenvalue weighted by Gasteiger charge is -2.25. The molecule has 0 aromatic carbocycles. The van der Waals surface area contributed by atoms with E-state index < -0.39 is 5.60 Å². The zero-order chi connectivity index (χ0) is 15.3. The van der Waals surface area contributed by atoms with Crippen molar-refractivity contribution in [1.82, 2.24) is 0 Å². The molecule has 0 rings (SSSR count). The molecule has 0 N–H and O–H groups in total. The number of hydrogen-bond acceptors (Lipinski definition) is 3. The maximum absolute atomic E-state index is 12.1. The molecular formula is C16H30O3. The maximum atomic E-state index is 12.1. The smallest absolute Gasteiger partial charge is 0.164 e. The molecule has 3 nitrogen and oxygen atoms in total. The molecule has 0 unspecified atom stereocenters. The van der Waals surface area contributed by atoms with Crippen LogP contribution in [0.15, 0.2) is 0 Å². The Morgan fingerprint density at radius 1 is 0.947 bits per heavy atom. The molecule has 0 atom stereocenters. The Hall–Kier alpha value is -0.700. The third-order valence-corrected chi connectivity index (χ3v) is 3.25. The van der Waals surface area contributed by atoms with E-state index in [-0.39, 0.29) is 23.4 Å². The second-order valence-electron chi connectivity index (χ2n) is 7.14. The van der Waals surface area contributed by atoms with Gasteiger partial charge in [0.05, 0.1) is 0 Å². The minimum Gasteiger partial charge on any atom is -0.368 e. The fourth-order valence-corrected chi connectivity index (χ4v) is 1.53. The van der Waals surface area contributed by atoms with E-state index in [0.717, 1.165) is 6.42 Å². The number of carbonyl (C=O) groups excluding carboxylic acids is 2. The van der Waals surface area contributed by atoms with Crippen molar-refractivity contribution in [3.05, 3.63) is 0 Å². The fourth-order valence-electron chi connectivity index (χ4n) is 1.53. The molecule has 0 aliphatic rings. The Kier molecular flexibility index (Phi) is 6.92. The number of hydrogen-bond donors (Lipinski definition) is 0. The zero-order valence-corrected chi connectivity index (χ0v) is 13.6. The monoisotopic (exact) mass is 270 g/mol. The van der Waals surface area contributed by atoms with E-state index in [1.54, 1.807) is 13.8 Å². The number of ether oxygens (including phenoxy) is 1. The molecule has 0 fully saturated rings. The highest BCUT2D eigenvalue weighted by atomic mass is 16.5. The summed E-state index contributed by atoms with van der Waals surface area (Å²) in [6, 6.07) is 0. The predicted molar refractivity (Wildman–Crippen MR) is 78.2 cm³/mol. The van der Waals surface area contributed by atoms with Gasteiger partial charge in [-0.3, -0.25) is 9.59 Å². The van der Waals surface area contributed by atoms with Gasteiger partial charge in [-0.15, -0.1) is 0 Å². The van der Waals surface area contributed by atoms with Gasteiger partial charge in [-0.2, -0.15) is 0 Å². The van der Waals surface area contributed by atoms with E-state index in [1.165, 1.54) is 0 Å². The van der Waals surface area contributed by atoms with E-state index in [4.69, 9.17) is 4.74 Å². The molecule has 112 valence electrons. The van der Waals surface area contributed by atoms with E-state index in [0.29, 0.717) is 18.9 Å². The van der Waals surface area contributed by atoms with Gasteiger partial charge in [0.15, 0.2) is 5.78 Å². The van der Waals surface area contributed by atoms with Crippen LogP contribution < -0.4 is 0 Å². The summed E-state index contributed by atoms with van der Waals surface area (Å²) in [4.78, 5) is 23.9. The summed E-state index contributed by atoms with van der Waals surface area (Å²) in [6.07, 6.45) is 1.52. The topological polar surface area (TPSA) is 43.4 Å². The molecule has 3 heteroatoms. The van der Waals surface area contributed by atoms with Crippen molar-refractivity contribution in [2.75, 3.05) is 6.61 Å². The van der Waals surface area contributed by atoms with E-state index in [9.17, 15) is 9.59 Å². The molecule has 0 aliphatic carbocycles. The first-order valence-corrected chi connectivity index (χ1v) is 7.17. The van der Waals surface area contributed by atoms with Gasteiger partial charge in [0, 0.05) is 24.9 Å². The molecule has 0 aliphatic heterocycles. The highest BCUT2D eigenvalue weighted by molar-refractivity contribution is 5.92. The fraction of sp³-hybridized carbons (Fsp3) is 0.875. The van der Waals surface area contributed by atoms with E-state index in [1.807, 2.05) is 20.8 Å². The minimum atomic E-state index is -0.785. The average Bonchev–Trinajstić information content (AvgIpc) is 2.22. The van der Waals surface area contributed by atoms with Crippen LogP contribution in [0, 0.1) is 11.3 Å². The van der Waals surface area contributed by atoms with Gasteiger partial charge in [0.1, 0.15) is 11.4 Å². The Morgan fingerprint density at radius 2 is 1.42 bits per heavy atom. The summed E-state index contributed by atoms with van der Waals surface area (Å²) in [5, 5.41) is 0. The first-order chi connectivity index (χ1) is 8.47. The molecule has 0 spiro atoms. The first kappa shape index (κ1) is 18.3. The van der Waals surface area contributed by atoms with Crippen LogP contribution in [0.3, 0.4) is 0 Å². The summed E-state index contributed by atoms with van der Waals surface area (Å²) in [7, 11) is 0. The van der Waals surface area contributed by atoms with Crippen LogP contribution in [-0.4, -0.2) is 23.8 Å². The van der Waals surface area contributed by atoms with E-state index >= 15 is 0 Å². The van der Waals surface area contributed by atoms with Crippen LogP contribution in [0.2, 0.25) is 0 Å². The first-order valence-electron chi connectivity index (χ1n) is 7.17. The van der Waals surface area contributed by atoms with Crippen LogP contribution in [-0.2, 0) is 14.3 Å². The van der Waals surface area contributed by atoms with Crippen molar-refractivity contribution in [2.24, 2.45) is 11.3 Å². The van der Waals surface area contributed by atoms with Crippen LogP contribution >= 0.6 is 0 Å². The lowest BCUT2D eigenvalue weighted by atomic mass is 9.86. The van der Waals surface area contributed by atoms with Gasteiger partial charge >= 0.3 is 0 Å². The third kappa shape index (κ3) is 7.46. The van der Waals surface area contributed by atoms with Crippen molar-refractivity contribution in [3.63, 3.8) is 0 Å².